The van der Waals surface area contributed by atoms with Crippen molar-refractivity contribution in [3.8, 4) is 0 Å². The second-order valence-electron chi connectivity index (χ2n) is 7.94. The van der Waals surface area contributed by atoms with E-state index in [9.17, 15) is 23.9 Å². The first kappa shape index (κ1) is 24.2. The maximum atomic E-state index is 13.9. The van der Waals surface area contributed by atoms with Gasteiger partial charge < -0.3 is 20.6 Å². The first-order chi connectivity index (χ1) is 15.9. The number of nitrogens with one attached hydrogen (secondary N) is 2. The fraction of sp³-hybridized carbons (Fsp3) is 0.375. The Kier molecular flexibility index (Phi) is 8.37. The van der Waals surface area contributed by atoms with Crippen molar-refractivity contribution in [1.29, 1.82) is 0 Å². The maximum absolute atomic E-state index is 13.9. The molecule has 0 spiro atoms. The van der Waals surface area contributed by atoms with E-state index in [2.05, 4.69) is 17.6 Å². The first-order valence-corrected chi connectivity index (χ1v) is 11.1. The van der Waals surface area contributed by atoms with Crippen molar-refractivity contribution in [2.75, 3.05) is 49.5 Å². The molecule has 0 unspecified atom stereocenters. The molecule has 2 aromatic rings. The molecule has 0 aliphatic carbocycles. The molecule has 1 aliphatic heterocycles. The van der Waals surface area contributed by atoms with E-state index in [0.29, 0.717) is 45.0 Å². The number of carbonyl (C=O) groups excluding carboxylic acids is 2. The van der Waals surface area contributed by atoms with Crippen molar-refractivity contribution >= 4 is 29.2 Å². The summed E-state index contributed by atoms with van der Waals surface area (Å²) in [4.78, 5) is 40.3. The summed E-state index contributed by atoms with van der Waals surface area (Å²) in [5.74, 6) is -2.42. The SMILES string of the molecule is CCCCNC(=O)CN1CCN(c2ccc(NC(=O)c3ccccc3F)cc2C(=O)O)CC1. The molecule has 33 heavy (non-hydrogen) atoms. The minimum atomic E-state index is -1.12. The predicted octanol–water partition coefficient (Wildman–Crippen LogP) is 2.81. The van der Waals surface area contributed by atoms with Crippen molar-refractivity contribution in [3.05, 3.63) is 59.4 Å². The monoisotopic (exact) mass is 456 g/mol. The van der Waals surface area contributed by atoms with Gasteiger partial charge in [0.1, 0.15) is 5.82 Å². The molecule has 0 radical (unpaired) electrons. The number of amides is 2. The van der Waals surface area contributed by atoms with Crippen LogP contribution in [-0.2, 0) is 4.79 Å². The Hall–Kier alpha value is -3.46. The summed E-state index contributed by atoms with van der Waals surface area (Å²) in [5, 5.41) is 15.2. The molecule has 0 aromatic heterocycles. The van der Waals surface area contributed by atoms with Crippen LogP contribution in [0.25, 0.3) is 0 Å². The van der Waals surface area contributed by atoms with Crippen LogP contribution in [0.4, 0.5) is 15.8 Å². The highest BCUT2D eigenvalue weighted by Crippen LogP contribution is 2.26. The zero-order valence-corrected chi connectivity index (χ0v) is 18.6. The number of nitrogens with zero attached hydrogens (tertiary/aromatic N) is 2. The molecule has 0 atom stereocenters. The van der Waals surface area contributed by atoms with Gasteiger partial charge in [-0.15, -0.1) is 0 Å². The molecule has 8 nitrogen and oxygen atoms in total. The second-order valence-corrected chi connectivity index (χ2v) is 7.94. The number of carboxylic acids is 1. The summed E-state index contributed by atoms with van der Waals surface area (Å²) in [6.45, 7) is 5.48. The fourth-order valence-corrected chi connectivity index (χ4v) is 3.72. The number of piperazine rings is 1. The number of rotatable bonds is 9. The molecule has 0 saturated carbocycles. The van der Waals surface area contributed by atoms with Crippen LogP contribution in [-0.4, -0.2) is 67.1 Å². The lowest BCUT2D eigenvalue weighted by Crippen LogP contribution is -2.49. The molecule has 3 N–H and O–H groups in total. The van der Waals surface area contributed by atoms with Crippen LogP contribution in [0.1, 0.15) is 40.5 Å². The van der Waals surface area contributed by atoms with E-state index in [4.69, 9.17) is 0 Å². The number of halogens is 1. The van der Waals surface area contributed by atoms with Gasteiger partial charge in [-0.3, -0.25) is 14.5 Å². The maximum Gasteiger partial charge on any atom is 0.337 e. The molecule has 1 aliphatic rings. The van der Waals surface area contributed by atoms with Gasteiger partial charge in [0.15, 0.2) is 0 Å². The average molecular weight is 457 g/mol. The number of benzene rings is 2. The third-order valence-corrected chi connectivity index (χ3v) is 5.54. The number of carboxylic acid groups (broad SMARTS) is 1. The van der Waals surface area contributed by atoms with Crippen LogP contribution in [0.15, 0.2) is 42.5 Å². The van der Waals surface area contributed by atoms with Gasteiger partial charge in [0.2, 0.25) is 5.91 Å². The molecular weight excluding hydrogens is 427 g/mol. The van der Waals surface area contributed by atoms with Crippen LogP contribution < -0.4 is 15.5 Å². The summed E-state index contributed by atoms with van der Waals surface area (Å²) in [6.07, 6.45) is 1.98. The second kappa shape index (κ2) is 11.4. The van der Waals surface area contributed by atoms with Crippen LogP contribution in [0.5, 0.6) is 0 Å². The zero-order chi connectivity index (χ0) is 23.8. The number of hydrogen-bond acceptors (Lipinski definition) is 5. The molecule has 9 heteroatoms. The molecule has 0 bridgehead atoms. The van der Waals surface area contributed by atoms with Gasteiger partial charge in [0, 0.05) is 38.4 Å². The minimum Gasteiger partial charge on any atom is -0.478 e. The molecular formula is C24H29FN4O4. The molecule has 176 valence electrons. The van der Waals surface area contributed by atoms with Gasteiger partial charge in [-0.05, 0) is 36.8 Å². The van der Waals surface area contributed by atoms with E-state index in [1.54, 1.807) is 18.2 Å². The van der Waals surface area contributed by atoms with Crippen molar-refractivity contribution < 1.29 is 23.9 Å². The number of unbranched alkanes of at least 4 members (excludes halogenated alkanes) is 1. The van der Waals surface area contributed by atoms with E-state index in [1.165, 1.54) is 24.3 Å². The van der Waals surface area contributed by atoms with Crippen molar-refractivity contribution in [3.63, 3.8) is 0 Å². The van der Waals surface area contributed by atoms with Gasteiger partial charge in [0.25, 0.3) is 5.91 Å². The highest BCUT2D eigenvalue weighted by molar-refractivity contribution is 6.05. The highest BCUT2D eigenvalue weighted by atomic mass is 19.1. The Labute approximate surface area is 192 Å². The number of hydrogen-bond donors (Lipinski definition) is 3. The lowest BCUT2D eigenvalue weighted by Gasteiger charge is -2.36. The van der Waals surface area contributed by atoms with Crippen molar-refractivity contribution in [2.24, 2.45) is 0 Å². The van der Waals surface area contributed by atoms with Gasteiger partial charge in [-0.2, -0.15) is 0 Å². The summed E-state index contributed by atoms with van der Waals surface area (Å²) < 4.78 is 13.9. The highest BCUT2D eigenvalue weighted by Gasteiger charge is 2.23. The molecule has 1 heterocycles. The van der Waals surface area contributed by atoms with Crippen LogP contribution in [0, 0.1) is 5.82 Å². The van der Waals surface area contributed by atoms with Gasteiger partial charge in [0.05, 0.1) is 23.4 Å². The Morgan fingerprint density at radius 2 is 1.76 bits per heavy atom. The number of carbonyl (C=O) groups is 3. The summed E-state index contributed by atoms with van der Waals surface area (Å²) >= 11 is 0. The van der Waals surface area contributed by atoms with Crippen LogP contribution >= 0.6 is 0 Å². The minimum absolute atomic E-state index is 0.00178. The molecule has 2 aromatic carbocycles. The van der Waals surface area contributed by atoms with E-state index < -0.39 is 17.7 Å². The molecule has 1 saturated heterocycles. The lowest BCUT2D eigenvalue weighted by atomic mass is 10.1. The Bertz CT molecular complexity index is 1010. The van der Waals surface area contributed by atoms with Crippen molar-refractivity contribution in [1.82, 2.24) is 10.2 Å². The van der Waals surface area contributed by atoms with Crippen molar-refractivity contribution in [2.45, 2.75) is 19.8 Å². The molecule has 3 rings (SSSR count). The zero-order valence-electron chi connectivity index (χ0n) is 18.6. The fourth-order valence-electron chi connectivity index (χ4n) is 3.72. The van der Waals surface area contributed by atoms with E-state index in [1.807, 2.05) is 9.80 Å². The summed E-state index contributed by atoms with van der Waals surface area (Å²) in [6, 6.07) is 10.2. The van der Waals surface area contributed by atoms with Gasteiger partial charge >= 0.3 is 5.97 Å². The van der Waals surface area contributed by atoms with Gasteiger partial charge in [-0.1, -0.05) is 25.5 Å². The number of aromatic carboxylic acids is 1. The largest absolute Gasteiger partial charge is 0.478 e. The van der Waals surface area contributed by atoms with E-state index in [0.717, 1.165) is 12.8 Å². The van der Waals surface area contributed by atoms with Crippen LogP contribution in [0.2, 0.25) is 0 Å². The normalized spacial score (nSPS) is 14.1. The van der Waals surface area contributed by atoms with Crippen LogP contribution in [0.3, 0.4) is 0 Å². The summed E-state index contributed by atoms with van der Waals surface area (Å²) in [5.41, 5.74) is 0.741. The third-order valence-electron chi connectivity index (χ3n) is 5.54. The number of anilines is 2. The predicted molar refractivity (Wildman–Crippen MR) is 124 cm³/mol. The van der Waals surface area contributed by atoms with E-state index >= 15 is 0 Å². The van der Waals surface area contributed by atoms with Gasteiger partial charge in [-0.25, -0.2) is 9.18 Å². The molecule has 1 fully saturated rings. The molecule has 2 amide bonds. The third kappa shape index (κ3) is 6.52. The topological polar surface area (TPSA) is 102 Å². The van der Waals surface area contributed by atoms with E-state index in [-0.39, 0.29) is 22.7 Å². The lowest BCUT2D eigenvalue weighted by molar-refractivity contribution is -0.122. The first-order valence-electron chi connectivity index (χ1n) is 11.1. The summed E-state index contributed by atoms with van der Waals surface area (Å²) in [7, 11) is 0. The Morgan fingerprint density at radius 1 is 1.03 bits per heavy atom. The average Bonchev–Trinajstić information content (AvgIpc) is 2.80. The smallest absolute Gasteiger partial charge is 0.337 e. The standard InChI is InChI=1S/C24H29FN4O4/c1-2-3-10-26-22(30)16-28-11-13-29(14-12-28)21-9-8-17(15-19(21)24(32)33)27-23(31)18-6-4-5-7-20(18)25/h4-9,15H,2-3,10-14,16H2,1H3,(H,26,30)(H,27,31)(H,32,33). The Morgan fingerprint density at radius 3 is 2.42 bits per heavy atom. The Balaban J connectivity index is 1.63. The quantitative estimate of drug-likeness (QED) is 0.502.